The van der Waals surface area contributed by atoms with E-state index in [1.165, 1.54) is 18.2 Å². The van der Waals surface area contributed by atoms with Gasteiger partial charge in [0.25, 0.3) is 11.8 Å². The molecule has 7 nitrogen and oxygen atoms in total. The minimum atomic E-state index is -0.110. The van der Waals surface area contributed by atoms with Gasteiger partial charge < -0.3 is 19.2 Å². The predicted octanol–water partition coefficient (Wildman–Crippen LogP) is 2.85. The van der Waals surface area contributed by atoms with Crippen LogP contribution >= 0.6 is 0 Å². The highest BCUT2D eigenvalue weighted by molar-refractivity contribution is 5.94. The Hall–Kier alpha value is -3.35. The molecule has 0 bridgehead atoms. The lowest BCUT2D eigenvalue weighted by Crippen LogP contribution is -2.39. The summed E-state index contributed by atoms with van der Waals surface area (Å²) in [6, 6.07) is 12.2. The number of amides is 2. The van der Waals surface area contributed by atoms with Gasteiger partial charge in [0.2, 0.25) is 0 Å². The lowest BCUT2D eigenvalue weighted by Gasteiger charge is -2.29. The number of nitrogens with zero attached hydrogens (tertiary/aromatic N) is 3. The summed E-state index contributed by atoms with van der Waals surface area (Å²) in [5, 5.41) is 0. The summed E-state index contributed by atoms with van der Waals surface area (Å²) < 4.78 is 5.00. The Kier molecular flexibility index (Phi) is 4.65. The SMILES string of the molecule is O=C(c1cc[nH]c1)N1C[C@@H]2CN(C(=O)c3cocn3)C[C@]2(CCc2ccccc2)C1. The fourth-order valence-corrected chi connectivity index (χ4v) is 5.00. The van der Waals surface area contributed by atoms with E-state index < -0.39 is 0 Å². The second-order valence-corrected chi connectivity index (χ2v) is 8.39. The maximum atomic E-state index is 13.0. The van der Waals surface area contributed by atoms with Crippen LogP contribution in [0.25, 0.3) is 0 Å². The first-order valence-corrected chi connectivity index (χ1v) is 10.3. The summed E-state index contributed by atoms with van der Waals surface area (Å²) in [6.07, 6.45) is 8.05. The topological polar surface area (TPSA) is 82.4 Å². The van der Waals surface area contributed by atoms with Crippen molar-refractivity contribution >= 4 is 11.8 Å². The zero-order valence-electron chi connectivity index (χ0n) is 16.7. The van der Waals surface area contributed by atoms with Gasteiger partial charge in [-0.15, -0.1) is 0 Å². The van der Waals surface area contributed by atoms with Crippen LogP contribution < -0.4 is 0 Å². The molecule has 2 aliphatic heterocycles. The van der Waals surface area contributed by atoms with Crippen molar-refractivity contribution in [3.8, 4) is 0 Å². The van der Waals surface area contributed by atoms with Gasteiger partial charge in [-0.05, 0) is 24.5 Å². The van der Waals surface area contributed by atoms with E-state index in [1.54, 1.807) is 12.4 Å². The van der Waals surface area contributed by atoms with Gasteiger partial charge in [0.15, 0.2) is 12.1 Å². The predicted molar refractivity (Wildman–Crippen MR) is 110 cm³/mol. The lowest BCUT2D eigenvalue weighted by molar-refractivity contribution is 0.0708. The molecule has 2 saturated heterocycles. The first-order valence-electron chi connectivity index (χ1n) is 10.3. The smallest absolute Gasteiger partial charge is 0.275 e. The maximum absolute atomic E-state index is 13.0. The Balaban J connectivity index is 1.37. The zero-order chi connectivity index (χ0) is 20.6. The Morgan fingerprint density at radius 2 is 1.87 bits per heavy atom. The van der Waals surface area contributed by atoms with Crippen molar-refractivity contribution in [2.45, 2.75) is 12.8 Å². The molecular weight excluding hydrogens is 380 g/mol. The largest absolute Gasteiger partial charge is 0.451 e. The molecule has 2 aliphatic rings. The van der Waals surface area contributed by atoms with Crippen molar-refractivity contribution in [1.29, 1.82) is 0 Å². The van der Waals surface area contributed by atoms with Crippen LogP contribution in [0.15, 0.2) is 65.9 Å². The van der Waals surface area contributed by atoms with Crippen molar-refractivity contribution in [1.82, 2.24) is 19.8 Å². The number of aromatic nitrogens is 2. The van der Waals surface area contributed by atoms with E-state index in [2.05, 4.69) is 34.2 Å². The van der Waals surface area contributed by atoms with Gasteiger partial charge in [0, 0.05) is 49.9 Å². The molecule has 0 unspecified atom stereocenters. The first-order chi connectivity index (χ1) is 14.6. The van der Waals surface area contributed by atoms with Crippen LogP contribution in [-0.2, 0) is 6.42 Å². The highest BCUT2D eigenvalue weighted by atomic mass is 16.3. The van der Waals surface area contributed by atoms with Gasteiger partial charge in [-0.1, -0.05) is 30.3 Å². The van der Waals surface area contributed by atoms with Crippen LogP contribution in [0, 0.1) is 11.3 Å². The molecule has 0 spiro atoms. The molecule has 0 radical (unpaired) electrons. The Morgan fingerprint density at radius 1 is 1.10 bits per heavy atom. The molecule has 3 aromatic rings. The van der Waals surface area contributed by atoms with E-state index in [4.69, 9.17) is 4.42 Å². The van der Waals surface area contributed by atoms with Crippen molar-refractivity contribution in [3.63, 3.8) is 0 Å². The van der Waals surface area contributed by atoms with E-state index in [-0.39, 0.29) is 23.1 Å². The van der Waals surface area contributed by atoms with Gasteiger partial charge in [-0.2, -0.15) is 0 Å². The number of rotatable bonds is 5. The van der Waals surface area contributed by atoms with Crippen LogP contribution in [0.3, 0.4) is 0 Å². The number of aromatic amines is 1. The standard InChI is InChI=1S/C23H24N4O3/c28-21(18-7-9-24-10-18)26-11-19-12-27(22(29)20-13-30-16-25-20)15-23(19,14-26)8-6-17-4-2-1-3-5-17/h1-5,7,9-10,13,16,19,24H,6,8,11-12,14-15H2/t19-,23+/m1/s1. The van der Waals surface area contributed by atoms with E-state index in [0.717, 1.165) is 12.8 Å². The minimum Gasteiger partial charge on any atom is -0.451 e. The number of nitrogens with one attached hydrogen (secondary N) is 1. The minimum absolute atomic E-state index is 0.0547. The van der Waals surface area contributed by atoms with Crippen molar-refractivity contribution in [3.05, 3.63) is 78.3 Å². The van der Waals surface area contributed by atoms with E-state index in [9.17, 15) is 9.59 Å². The summed E-state index contributed by atoms with van der Waals surface area (Å²) >= 11 is 0. The number of carbonyl (C=O) groups excluding carboxylic acids is 2. The summed E-state index contributed by atoms with van der Waals surface area (Å²) in [7, 11) is 0. The molecule has 1 aromatic carbocycles. The fraction of sp³-hybridized carbons (Fsp3) is 0.348. The molecule has 2 fully saturated rings. The first kappa shape index (κ1) is 18.7. The monoisotopic (exact) mass is 404 g/mol. The van der Waals surface area contributed by atoms with Gasteiger partial charge in [0.1, 0.15) is 6.26 Å². The van der Waals surface area contributed by atoms with Crippen molar-refractivity contribution in [2.75, 3.05) is 26.2 Å². The molecule has 4 heterocycles. The number of oxazole rings is 1. The van der Waals surface area contributed by atoms with Crippen LogP contribution in [0.5, 0.6) is 0 Å². The number of hydrogen-bond donors (Lipinski definition) is 1. The van der Waals surface area contributed by atoms with Crippen molar-refractivity contribution < 1.29 is 14.0 Å². The Labute approximate surface area is 174 Å². The highest BCUT2D eigenvalue weighted by Crippen LogP contribution is 2.46. The van der Waals surface area contributed by atoms with Crippen LogP contribution in [0.2, 0.25) is 0 Å². The third kappa shape index (κ3) is 3.30. The molecule has 30 heavy (non-hydrogen) atoms. The molecule has 1 N–H and O–H groups in total. The van der Waals surface area contributed by atoms with E-state index in [0.29, 0.717) is 37.4 Å². The Bertz CT molecular complexity index is 956. The molecule has 2 amide bonds. The molecule has 0 saturated carbocycles. The van der Waals surface area contributed by atoms with Gasteiger partial charge in [-0.25, -0.2) is 4.98 Å². The summed E-state index contributed by atoms with van der Waals surface area (Å²) in [5.41, 5.74) is 2.20. The zero-order valence-corrected chi connectivity index (χ0v) is 16.7. The molecule has 154 valence electrons. The van der Waals surface area contributed by atoms with E-state index >= 15 is 0 Å². The van der Waals surface area contributed by atoms with Crippen LogP contribution in [0.4, 0.5) is 0 Å². The molecule has 2 aromatic heterocycles. The van der Waals surface area contributed by atoms with Crippen molar-refractivity contribution in [2.24, 2.45) is 11.3 Å². The second-order valence-electron chi connectivity index (χ2n) is 8.39. The summed E-state index contributed by atoms with van der Waals surface area (Å²) in [6.45, 7) is 2.60. The van der Waals surface area contributed by atoms with Crippen LogP contribution in [0.1, 0.15) is 32.8 Å². The third-order valence-corrected chi connectivity index (χ3v) is 6.58. The quantitative estimate of drug-likeness (QED) is 0.709. The summed E-state index contributed by atoms with van der Waals surface area (Å²) in [5.74, 6) is 0.208. The molecule has 7 heteroatoms. The van der Waals surface area contributed by atoms with Gasteiger partial charge in [0.05, 0.1) is 5.56 Å². The number of aryl methyl sites for hydroxylation is 1. The van der Waals surface area contributed by atoms with Gasteiger partial charge in [-0.3, -0.25) is 9.59 Å². The number of fused-ring (bicyclic) bond motifs is 1. The number of benzene rings is 1. The summed E-state index contributed by atoms with van der Waals surface area (Å²) in [4.78, 5) is 36.7. The normalized spacial score (nSPS) is 23.0. The molecule has 2 atom stereocenters. The average Bonchev–Trinajstić information content (AvgIpc) is 3.56. The number of hydrogen-bond acceptors (Lipinski definition) is 4. The molecule has 0 aliphatic carbocycles. The second kappa shape index (κ2) is 7.48. The molecular formula is C23H24N4O3. The number of likely N-dealkylation sites (tertiary alicyclic amines) is 2. The average molecular weight is 404 g/mol. The third-order valence-electron chi connectivity index (χ3n) is 6.58. The molecule has 5 rings (SSSR count). The number of H-pyrrole nitrogens is 1. The Morgan fingerprint density at radius 3 is 2.53 bits per heavy atom. The van der Waals surface area contributed by atoms with Crippen LogP contribution in [-0.4, -0.2) is 57.8 Å². The number of carbonyl (C=O) groups is 2. The lowest BCUT2D eigenvalue weighted by atomic mass is 9.76. The fourth-order valence-electron chi connectivity index (χ4n) is 5.00. The maximum Gasteiger partial charge on any atom is 0.275 e. The van der Waals surface area contributed by atoms with Gasteiger partial charge >= 0.3 is 0 Å². The van der Waals surface area contributed by atoms with E-state index in [1.807, 2.05) is 21.9 Å². The highest BCUT2D eigenvalue weighted by Gasteiger charge is 2.54.